The fourth-order valence-corrected chi connectivity index (χ4v) is 2.06. The first-order valence-electron chi connectivity index (χ1n) is 7.07. The van der Waals surface area contributed by atoms with Crippen molar-refractivity contribution in [1.29, 1.82) is 0 Å². The minimum atomic E-state index is -2.99. The Morgan fingerprint density at radius 1 is 1.00 bits per heavy atom. The summed E-state index contributed by atoms with van der Waals surface area (Å²) in [4.78, 5) is 12.1. The Balaban J connectivity index is 2.11. The number of carbonyl (C=O) groups excluding carboxylic acids is 1. The van der Waals surface area contributed by atoms with Crippen molar-refractivity contribution in [1.82, 2.24) is 0 Å². The van der Waals surface area contributed by atoms with Crippen molar-refractivity contribution in [2.75, 3.05) is 14.2 Å². The summed E-state index contributed by atoms with van der Waals surface area (Å²) in [6.45, 7) is -3.16. The number of hydrogen-bond donors (Lipinski definition) is 0. The van der Waals surface area contributed by atoms with Crippen molar-refractivity contribution < 1.29 is 36.9 Å². The highest BCUT2D eigenvalue weighted by Gasteiger charge is 2.16. The number of rotatable bonds is 7. The second-order valence-electron chi connectivity index (χ2n) is 4.78. The average Bonchev–Trinajstić information content (AvgIpc) is 2.60. The molecule has 25 heavy (non-hydrogen) atoms. The minimum absolute atomic E-state index is 0.0629. The standard InChI is InChI=1S/C17H15F3O5/c1-22-13-6-4-11(18)8-12(13)16(21)24-9-10-3-5-14(25-17(19)20)15(7-10)23-2/h3-8,17H,9H2,1-2H3. The van der Waals surface area contributed by atoms with Gasteiger partial charge >= 0.3 is 12.6 Å². The van der Waals surface area contributed by atoms with Crippen LogP contribution in [0.1, 0.15) is 15.9 Å². The molecule has 0 radical (unpaired) electrons. The summed E-state index contributed by atoms with van der Waals surface area (Å²) in [7, 11) is 2.64. The van der Waals surface area contributed by atoms with Crippen LogP contribution in [-0.2, 0) is 11.3 Å². The van der Waals surface area contributed by atoms with Gasteiger partial charge in [0.25, 0.3) is 0 Å². The highest BCUT2D eigenvalue weighted by Crippen LogP contribution is 2.30. The normalized spacial score (nSPS) is 10.5. The number of hydrogen-bond acceptors (Lipinski definition) is 5. The first-order chi connectivity index (χ1) is 11.9. The zero-order valence-electron chi connectivity index (χ0n) is 13.4. The summed E-state index contributed by atoms with van der Waals surface area (Å²) in [6.07, 6.45) is 0. The molecule has 134 valence electrons. The lowest BCUT2D eigenvalue weighted by Crippen LogP contribution is -2.08. The van der Waals surface area contributed by atoms with Gasteiger partial charge in [-0.25, -0.2) is 9.18 Å². The molecule has 0 aliphatic rings. The highest BCUT2D eigenvalue weighted by atomic mass is 19.3. The Bertz CT molecular complexity index is 749. The molecule has 0 N–H and O–H groups in total. The molecule has 2 rings (SSSR count). The highest BCUT2D eigenvalue weighted by molar-refractivity contribution is 5.92. The van der Waals surface area contributed by atoms with E-state index in [1.54, 1.807) is 0 Å². The Hall–Kier alpha value is -2.90. The summed E-state index contributed by atoms with van der Waals surface area (Å²) in [5.74, 6) is -1.30. The molecule has 0 saturated carbocycles. The molecule has 0 atom stereocenters. The van der Waals surface area contributed by atoms with Gasteiger partial charge in [-0.1, -0.05) is 6.07 Å². The van der Waals surface area contributed by atoms with Gasteiger partial charge in [0.2, 0.25) is 0 Å². The van der Waals surface area contributed by atoms with E-state index in [1.165, 1.54) is 38.5 Å². The van der Waals surface area contributed by atoms with Crippen LogP contribution in [0.4, 0.5) is 13.2 Å². The summed E-state index contributed by atoms with van der Waals surface area (Å²) in [6, 6.07) is 7.58. The topological polar surface area (TPSA) is 54.0 Å². The van der Waals surface area contributed by atoms with E-state index in [0.717, 1.165) is 12.1 Å². The van der Waals surface area contributed by atoms with Gasteiger partial charge in [-0.15, -0.1) is 0 Å². The molecule has 5 nitrogen and oxygen atoms in total. The molecule has 0 aliphatic heterocycles. The Kier molecular flexibility index (Phi) is 6.10. The fourth-order valence-electron chi connectivity index (χ4n) is 2.06. The summed E-state index contributed by atoms with van der Waals surface area (Å²) in [5, 5.41) is 0. The van der Waals surface area contributed by atoms with E-state index in [1.807, 2.05) is 0 Å². The third-order valence-corrected chi connectivity index (χ3v) is 3.20. The predicted octanol–water partition coefficient (Wildman–Crippen LogP) is 3.80. The first kappa shape index (κ1) is 18.4. The molecule has 2 aromatic carbocycles. The van der Waals surface area contributed by atoms with E-state index in [0.29, 0.717) is 5.56 Å². The maximum Gasteiger partial charge on any atom is 0.387 e. The molecule has 0 fully saturated rings. The van der Waals surface area contributed by atoms with E-state index >= 15 is 0 Å². The molecule has 0 bridgehead atoms. The molecule has 0 unspecified atom stereocenters. The van der Waals surface area contributed by atoms with Gasteiger partial charge in [-0.05, 0) is 35.9 Å². The fraction of sp³-hybridized carbons (Fsp3) is 0.235. The molecule has 0 amide bonds. The Morgan fingerprint density at radius 2 is 1.68 bits per heavy atom. The maximum atomic E-state index is 13.3. The van der Waals surface area contributed by atoms with Crippen molar-refractivity contribution in [2.24, 2.45) is 0 Å². The van der Waals surface area contributed by atoms with Crippen LogP contribution in [0.2, 0.25) is 0 Å². The van der Waals surface area contributed by atoms with Crippen LogP contribution < -0.4 is 14.2 Å². The number of esters is 1. The summed E-state index contributed by atoms with van der Waals surface area (Å²) in [5.41, 5.74) is 0.411. The van der Waals surface area contributed by atoms with E-state index in [2.05, 4.69) is 4.74 Å². The van der Waals surface area contributed by atoms with Gasteiger partial charge in [-0.2, -0.15) is 8.78 Å². The second-order valence-corrected chi connectivity index (χ2v) is 4.78. The molecular formula is C17H15F3O5. The first-order valence-corrected chi connectivity index (χ1v) is 7.07. The summed E-state index contributed by atoms with van der Waals surface area (Å²) >= 11 is 0. The zero-order valence-corrected chi connectivity index (χ0v) is 13.4. The monoisotopic (exact) mass is 356 g/mol. The van der Waals surface area contributed by atoms with Gasteiger partial charge in [0.15, 0.2) is 11.5 Å². The van der Waals surface area contributed by atoms with Crippen molar-refractivity contribution in [2.45, 2.75) is 13.2 Å². The van der Waals surface area contributed by atoms with Crippen LogP contribution in [-0.4, -0.2) is 26.8 Å². The SMILES string of the molecule is COc1cc(COC(=O)c2cc(F)ccc2OC)ccc1OC(F)F. The number of ether oxygens (including phenoxy) is 4. The van der Waals surface area contributed by atoms with Crippen LogP contribution >= 0.6 is 0 Å². The van der Waals surface area contributed by atoms with Crippen LogP contribution in [0.3, 0.4) is 0 Å². The lowest BCUT2D eigenvalue weighted by molar-refractivity contribution is -0.0512. The third kappa shape index (κ3) is 4.79. The Labute approximate surface area is 141 Å². The smallest absolute Gasteiger partial charge is 0.387 e. The van der Waals surface area contributed by atoms with Crippen LogP contribution in [0, 0.1) is 5.82 Å². The largest absolute Gasteiger partial charge is 0.496 e. The predicted molar refractivity (Wildman–Crippen MR) is 81.7 cm³/mol. The van der Waals surface area contributed by atoms with Gasteiger partial charge < -0.3 is 18.9 Å². The van der Waals surface area contributed by atoms with Gasteiger partial charge in [-0.3, -0.25) is 0 Å². The number of halogens is 3. The molecule has 0 saturated heterocycles. The van der Waals surface area contributed by atoms with Crippen molar-refractivity contribution in [3.05, 3.63) is 53.3 Å². The van der Waals surface area contributed by atoms with Crippen LogP contribution in [0.5, 0.6) is 17.2 Å². The number of methoxy groups -OCH3 is 2. The lowest BCUT2D eigenvalue weighted by Gasteiger charge is -2.12. The van der Waals surface area contributed by atoms with E-state index in [9.17, 15) is 18.0 Å². The van der Waals surface area contributed by atoms with Crippen molar-refractivity contribution >= 4 is 5.97 Å². The summed E-state index contributed by atoms with van der Waals surface area (Å²) < 4.78 is 57.2. The maximum absolute atomic E-state index is 13.3. The average molecular weight is 356 g/mol. The number of carbonyl (C=O) groups is 1. The molecular weight excluding hydrogens is 341 g/mol. The minimum Gasteiger partial charge on any atom is -0.496 e. The van der Waals surface area contributed by atoms with E-state index < -0.39 is 18.4 Å². The van der Waals surface area contributed by atoms with Crippen molar-refractivity contribution in [3.63, 3.8) is 0 Å². The molecule has 2 aromatic rings. The second kappa shape index (κ2) is 8.27. The zero-order chi connectivity index (χ0) is 18.4. The lowest BCUT2D eigenvalue weighted by atomic mass is 10.2. The molecule has 0 aromatic heterocycles. The molecule has 0 spiro atoms. The van der Waals surface area contributed by atoms with E-state index in [-0.39, 0.29) is 29.4 Å². The van der Waals surface area contributed by atoms with Crippen LogP contribution in [0.25, 0.3) is 0 Å². The number of alkyl halides is 2. The quantitative estimate of drug-likeness (QED) is 0.707. The molecule has 0 aliphatic carbocycles. The Morgan fingerprint density at radius 3 is 2.32 bits per heavy atom. The van der Waals surface area contributed by atoms with Crippen LogP contribution in [0.15, 0.2) is 36.4 Å². The van der Waals surface area contributed by atoms with Crippen molar-refractivity contribution in [3.8, 4) is 17.2 Å². The third-order valence-electron chi connectivity index (χ3n) is 3.20. The molecule has 8 heteroatoms. The van der Waals surface area contributed by atoms with Gasteiger partial charge in [0.1, 0.15) is 23.7 Å². The van der Waals surface area contributed by atoms with E-state index in [4.69, 9.17) is 14.2 Å². The number of benzene rings is 2. The molecule has 0 heterocycles. The van der Waals surface area contributed by atoms with Gasteiger partial charge in [0, 0.05) is 0 Å². The van der Waals surface area contributed by atoms with Gasteiger partial charge in [0.05, 0.1) is 14.2 Å².